The van der Waals surface area contributed by atoms with Crippen LogP contribution < -0.4 is 19.1 Å². The number of ether oxygens (including phenoxy) is 3. The van der Waals surface area contributed by atoms with Crippen molar-refractivity contribution in [1.29, 1.82) is 0 Å². The fourth-order valence-electron chi connectivity index (χ4n) is 2.65. The van der Waals surface area contributed by atoms with Crippen molar-refractivity contribution in [3.05, 3.63) is 51.6 Å². The summed E-state index contributed by atoms with van der Waals surface area (Å²) in [6, 6.07) is 7.46. The van der Waals surface area contributed by atoms with Crippen molar-refractivity contribution in [3.8, 4) is 17.2 Å². The van der Waals surface area contributed by atoms with Crippen LogP contribution in [-0.4, -0.2) is 31.6 Å². The molecule has 28 heavy (non-hydrogen) atoms. The molecule has 0 bridgehead atoms. The van der Waals surface area contributed by atoms with Crippen LogP contribution in [0, 0.1) is 5.82 Å². The van der Waals surface area contributed by atoms with Gasteiger partial charge in [0.05, 0.1) is 36.9 Å². The number of hydrogen-bond donors (Lipinski definition) is 0. The van der Waals surface area contributed by atoms with Crippen molar-refractivity contribution < 1.29 is 23.4 Å². The van der Waals surface area contributed by atoms with Crippen LogP contribution in [0.5, 0.6) is 17.2 Å². The average molecular weight is 440 g/mol. The first kappa shape index (κ1) is 20.4. The molecule has 2 aromatic carbocycles. The van der Waals surface area contributed by atoms with Gasteiger partial charge in [0, 0.05) is 0 Å². The Balaban J connectivity index is 1.99. The lowest BCUT2D eigenvalue weighted by Gasteiger charge is -2.15. The first-order chi connectivity index (χ1) is 13.4. The maximum Gasteiger partial charge on any atom is 0.270 e. The van der Waals surface area contributed by atoms with Crippen LogP contribution in [-0.2, 0) is 4.79 Å². The maximum absolute atomic E-state index is 13.4. The molecule has 9 heteroatoms. The second-order valence-corrected chi connectivity index (χ2v) is 7.66. The highest BCUT2D eigenvalue weighted by atomic mass is 35.5. The van der Waals surface area contributed by atoms with E-state index in [1.165, 1.54) is 44.4 Å². The van der Waals surface area contributed by atoms with Gasteiger partial charge in [-0.05, 0) is 42.0 Å². The molecule has 1 aliphatic heterocycles. The van der Waals surface area contributed by atoms with Gasteiger partial charge in [0.1, 0.15) is 5.82 Å². The van der Waals surface area contributed by atoms with E-state index in [4.69, 9.17) is 38.0 Å². The Morgan fingerprint density at radius 2 is 1.75 bits per heavy atom. The number of rotatable bonds is 5. The molecule has 1 heterocycles. The Kier molecular flexibility index (Phi) is 6.12. The van der Waals surface area contributed by atoms with Crippen LogP contribution in [0.15, 0.2) is 35.2 Å². The summed E-state index contributed by atoms with van der Waals surface area (Å²) in [5.41, 5.74) is 1.08. The third-order valence-corrected chi connectivity index (χ3v) is 5.53. The average Bonchev–Trinajstić information content (AvgIpc) is 2.96. The van der Waals surface area contributed by atoms with E-state index in [1.807, 2.05) is 0 Å². The third-order valence-electron chi connectivity index (χ3n) is 3.94. The predicted molar refractivity (Wildman–Crippen MR) is 113 cm³/mol. The summed E-state index contributed by atoms with van der Waals surface area (Å²) in [7, 11) is 4.54. The molecular formula is C19H15ClFNO4S2. The zero-order chi connectivity index (χ0) is 20.4. The molecule has 1 fully saturated rings. The van der Waals surface area contributed by atoms with Gasteiger partial charge in [-0.3, -0.25) is 9.69 Å². The van der Waals surface area contributed by atoms with Crippen molar-refractivity contribution >= 4 is 57.6 Å². The van der Waals surface area contributed by atoms with Gasteiger partial charge in [-0.25, -0.2) is 4.39 Å². The van der Waals surface area contributed by atoms with Gasteiger partial charge in [0.2, 0.25) is 5.75 Å². The van der Waals surface area contributed by atoms with Gasteiger partial charge in [0.15, 0.2) is 15.8 Å². The zero-order valence-electron chi connectivity index (χ0n) is 15.1. The van der Waals surface area contributed by atoms with Gasteiger partial charge in [-0.15, -0.1) is 0 Å². The Bertz CT molecular complexity index is 971. The smallest absolute Gasteiger partial charge is 0.270 e. The lowest BCUT2D eigenvalue weighted by molar-refractivity contribution is -0.113. The fourth-order valence-corrected chi connectivity index (χ4v) is 4.12. The molecule has 146 valence electrons. The number of thiocarbonyl (C=S) groups is 1. The largest absolute Gasteiger partial charge is 0.493 e. The molecule has 0 aliphatic carbocycles. The first-order valence-corrected chi connectivity index (χ1v) is 9.53. The molecule has 0 N–H and O–H groups in total. The zero-order valence-corrected chi connectivity index (χ0v) is 17.5. The van der Waals surface area contributed by atoms with Crippen LogP contribution in [0.4, 0.5) is 10.1 Å². The molecule has 1 saturated heterocycles. The standard InChI is InChI=1S/C19H15ClFNO4S2/c1-24-14-6-10(7-15(25-2)17(14)26-3)8-16-18(23)22(19(27)28-16)11-4-5-13(21)12(20)9-11/h4-9H,1-3H3/b16-8+. The molecule has 0 spiro atoms. The number of carbonyl (C=O) groups excluding carboxylic acids is 1. The number of anilines is 1. The van der Waals surface area contributed by atoms with E-state index < -0.39 is 5.82 Å². The number of methoxy groups -OCH3 is 3. The maximum atomic E-state index is 13.4. The minimum absolute atomic E-state index is 0.0832. The molecule has 1 aliphatic rings. The topological polar surface area (TPSA) is 48.0 Å². The van der Waals surface area contributed by atoms with E-state index in [2.05, 4.69) is 0 Å². The minimum Gasteiger partial charge on any atom is -0.493 e. The number of halogens is 2. The number of carbonyl (C=O) groups is 1. The molecule has 0 unspecified atom stereocenters. The summed E-state index contributed by atoms with van der Waals surface area (Å²) in [5.74, 6) is 0.494. The molecular weight excluding hydrogens is 425 g/mol. The summed E-state index contributed by atoms with van der Waals surface area (Å²) in [5, 5.41) is -0.0832. The van der Waals surface area contributed by atoms with Crippen molar-refractivity contribution in [3.63, 3.8) is 0 Å². The summed E-state index contributed by atoms with van der Waals surface area (Å²) in [4.78, 5) is 14.6. The van der Waals surface area contributed by atoms with E-state index in [1.54, 1.807) is 18.2 Å². The van der Waals surface area contributed by atoms with Crippen molar-refractivity contribution in [2.75, 3.05) is 26.2 Å². The van der Waals surface area contributed by atoms with Crippen molar-refractivity contribution in [1.82, 2.24) is 0 Å². The number of amides is 1. The van der Waals surface area contributed by atoms with E-state index in [9.17, 15) is 9.18 Å². The summed E-state index contributed by atoms with van der Waals surface area (Å²) >= 11 is 12.3. The second kappa shape index (κ2) is 8.38. The van der Waals surface area contributed by atoms with Gasteiger partial charge in [-0.1, -0.05) is 35.6 Å². The number of benzene rings is 2. The number of thioether (sulfide) groups is 1. The van der Waals surface area contributed by atoms with E-state index >= 15 is 0 Å². The van der Waals surface area contributed by atoms with Gasteiger partial charge in [0.25, 0.3) is 5.91 Å². The monoisotopic (exact) mass is 439 g/mol. The van der Waals surface area contributed by atoms with Crippen molar-refractivity contribution in [2.24, 2.45) is 0 Å². The third kappa shape index (κ3) is 3.80. The second-order valence-electron chi connectivity index (χ2n) is 5.57. The van der Waals surface area contributed by atoms with Crippen LogP contribution in [0.25, 0.3) is 6.08 Å². The highest BCUT2D eigenvalue weighted by molar-refractivity contribution is 8.27. The van der Waals surface area contributed by atoms with Gasteiger partial charge in [-0.2, -0.15) is 0 Å². The molecule has 0 atom stereocenters. The molecule has 1 amide bonds. The van der Waals surface area contributed by atoms with Gasteiger partial charge >= 0.3 is 0 Å². The Labute approximate surface area is 176 Å². The Hall–Kier alpha value is -2.29. The number of nitrogens with zero attached hydrogens (tertiary/aromatic N) is 1. The summed E-state index contributed by atoms with van der Waals surface area (Å²) in [6.45, 7) is 0. The quantitative estimate of drug-likeness (QED) is 0.487. The highest BCUT2D eigenvalue weighted by Gasteiger charge is 2.33. The van der Waals surface area contributed by atoms with Crippen molar-refractivity contribution in [2.45, 2.75) is 0 Å². The van der Waals surface area contributed by atoms with Crippen LogP contribution in [0.3, 0.4) is 0 Å². The highest BCUT2D eigenvalue weighted by Crippen LogP contribution is 2.41. The molecule has 3 rings (SSSR count). The lowest BCUT2D eigenvalue weighted by Crippen LogP contribution is -2.27. The lowest BCUT2D eigenvalue weighted by atomic mass is 10.1. The molecule has 0 aromatic heterocycles. The SMILES string of the molecule is COc1cc(/C=C2/SC(=S)N(c3ccc(F)c(Cl)c3)C2=O)cc(OC)c1OC. The molecule has 0 saturated carbocycles. The molecule has 2 aromatic rings. The molecule has 0 radical (unpaired) electrons. The van der Waals surface area contributed by atoms with Gasteiger partial charge < -0.3 is 14.2 Å². The van der Waals surface area contributed by atoms with E-state index in [0.717, 1.165) is 11.8 Å². The normalized spacial score (nSPS) is 15.3. The van der Waals surface area contributed by atoms with Crippen LogP contribution in [0.2, 0.25) is 5.02 Å². The fraction of sp³-hybridized carbons (Fsp3) is 0.158. The molecule has 5 nitrogen and oxygen atoms in total. The van der Waals surface area contributed by atoms with E-state index in [0.29, 0.717) is 37.7 Å². The summed E-state index contributed by atoms with van der Waals surface area (Å²) in [6.07, 6.45) is 1.68. The summed E-state index contributed by atoms with van der Waals surface area (Å²) < 4.78 is 29.7. The van der Waals surface area contributed by atoms with Crippen LogP contribution >= 0.6 is 35.6 Å². The Morgan fingerprint density at radius 1 is 1.11 bits per heavy atom. The number of hydrogen-bond acceptors (Lipinski definition) is 6. The van der Waals surface area contributed by atoms with Crippen LogP contribution in [0.1, 0.15) is 5.56 Å². The minimum atomic E-state index is -0.566. The Morgan fingerprint density at radius 3 is 2.29 bits per heavy atom. The predicted octanol–water partition coefficient (Wildman–Crippen LogP) is 4.91. The first-order valence-electron chi connectivity index (χ1n) is 7.92. The van der Waals surface area contributed by atoms with E-state index in [-0.39, 0.29) is 10.9 Å².